The van der Waals surface area contributed by atoms with Gasteiger partial charge in [0.25, 0.3) is 5.91 Å². The van der Waals surface area contributed by atoms with E-state index in [1.165, 1.54) is 10.4 Å². The van der Waals surface area contributed by atoms with Gasteiger partial charge in [-0.25, -0.2) is 8.42 Å². The maximum absolute atomic E-state index is 12.7. The van der Waals surface area contributed by atoms with Crippen molar-refractivity contribution in [1.29, 1.82) is 0 Å². The van der Waals surface area contributed by atoms with E-state index < -0.39 is 10.0 Å². The number of aryl methyl sites for hydroxylation is 1. The van der Waals surface area contributed by atoms with Crippen molar-refractivity contribution >= 4 is 15.9 Å². The predicted octanol–water partition coefficient (Wildman–Crippen LogP) is 3.52. The number of benzene rings is 2. The zero-order valence-corrected chi connectivity index (χ0v) is 16.5. The standard InChI is InChI=1S/C20H26N2O3S/c1-5-22(6-2)26(24,25)18-13-12-15(3)19(14-18)20(23)21-16(4)17-10-8-7-9-11-17/h7-14,16H,5-6H2,1-4H3,(H,21,23). The maximum Gasteiger partial charge on any atom is 0.252 e. The van der Waals surface area contributed by atoms with Gasteiger partial charge in [-0.2, -0.15) is 4.31 Å². The number of nitrogens with zero attached hydrogens (tertiary/aromatic N) is 1. The zero-order chi connectivity index (χ0) is 19.3. The van der Waals surface area contributed by atoms with Crippen molar-refractivity contribution in [3.63, 3.8) is 0 Å². The van der Waals surface area contributed by atoms with Crippen LogP contribution < -0.4 is 5.32 Å². The van der Waals surface area contributed by atoms with Crippen LogP contribution in [-0.2, 0) is 10.0 Å². The number of amides is 1. The molecule has 0 aliphatic carbocycles. The minimum atomic E-state index is -3.60. The van der Waals surface area contributed by atoms with Gasteiger partial charge in [0.2, 0.25) is 10.0 Å². The fourth-order valence-electron chi connectivity index (χ4n) is 2.82. The third kappa shape index (κ3) is 4.31. The van der Waals surface area contributed by atoms with E-state index in [9.17, 15) is 13.2 Å². The second-order valence-electron chi connectivity index (χ2n) is 6.17. The second kappa shape index (κ2) is 8.47. The Morgan fingerprint density at radius 3 is 2.27 bits per heavy atom. The average Bonchev–Trinajstić information content (AvgIpc) is 2.63. The van der Waals surface area contributed by atoms with Crippen LogP contribution in [0.3, 0.4) is 0 Å². The molecule has 2 rings (SSSR count). The van der Waals surface area contributed by atoms with Gasteiger partial charge in [-0.15, -0.1) is 0 Å². The molecule has 26 heavy (non-hydrogen) atoms. The Hall–Kier alpha value is -2.18. The Labute approximate surface area is 156 Å². The van der Waals surface area contributed by atoms with Crippen molar-refractivity contribution in [1.82, 2.24) is 9.62 Å². The molecule has 2 aromatic rings. The van der Waals surface area contributed by atoms with Gasteiger partial charge in [0.15, 0.2) is 0 Å². The topological polar surface area (TPSA) is 66.5 Å². The van der Waals surface area contributed by atoms with Gasteiger partial charge in [0.05, 0.1) is 10.9 Å². The van der Waals surface area contributed by atoms with Gasteiger partial charge in [0.1, 0.15) is 0 Å². The van der Waals surface area contributed by atoms with E-state index in [0.29, 0.717) is 18.7 Å². The van der Waals surface area contributed by atoms with Crippen LogP contribution in [0.4, 0.5) is 0 Å². The molecule has 0 spiro atoms. The lowest BCUT2D eigenvalue weighted by atomic mass is 10.1. The molecule has 1 atom stereocenters. The van der Waals surface area contributed by atoms with Crippen LogP contribution in [0.2, 0.25) is 0 Å². The highest BCUT2D eigenvalue weighted by Crippen LogP contribution is 2.21. The SMILES string of the molecule is CCN(CC)S(=O)(=O)c1ccc(C)c(C(=O)NC(C)c2ccccc2)c1. The molecule has 1 N–H and O–H groups in total. The van der Waals surface area contributed by atoms with Crippen molar-refractivity contribution in [2.24, 2.45) is 0 Å². The summed E-state index contributed by atoms with van der Waals surface area (Å²) < 4.78 is 26.8. The lowest BCUT2D eigenvalue weighted by molar-refractivity contribution is 0.0939. The maximum atomic E-state index is 12.7. The fraction of sp³-hybridized carbons (Fsp3) is 0.350. The molecule has 5 nitrogen and oxygen atoms in total. The van der Waals surface area contributed by atoms with Crippen molar-refractivity contribution in [2.75, 3.05) is 13.1 Å². The summed E-state index contributed by atoms with van der Waals surface area (Å²) in [6.07, 6.45) is 0. The molecule has 1 amide bonds. The Morgan fingerprint density at radius 1 is 1.08 bits per heavy atom. The van der Waals surface area contributed by atoms with Gasteiger partial charge in [0, 0.05) is 18.7 Å². The van der Waals surface area contributed by atoms with E-state index >= 15 is 0 Å². The van der Waals surface area contributed by atoms with Gasteiger partial charge in [-0.1, -0.05) is 50.2 Å². The van der Waals surface area contributed by atoms with E-state index in [1.54, 1.807) is 32.9 Å². The van der Waals surface area contributed by atoms with Gasteiger partial charge in [-0.3, -0.25) is 4.79 Å². The third-order valence-corrected chi connectivity index (χ3v) is 6.49. The summed E-state index contributed by atoms with van der Waals surface area (Å²) in [4.78, 5) is 12.9. The summed E-state index contributed by atoms with van der Waals surface area (Å²) in [6, 6.07) is 14.2. The average molecular weight is 375 g/mol. The van der Waals surface area contributed by atoms with E-state index in [4.69, 9.17) is 0 Å². The van der Waals surface area contributed by atoms with Crippen molar-refractivity contribution in [3.8, 4) is 0 Å². The molecule has 0 bridgehead atoms. The number of hydrogen-bond donors (Lipinski definition) is 1. The van der Waals surface area contributed by atoms with E-state index in [1.807, 2.05) is 37.3 Å². The van der Waals surface area contributed by atoms with Crippen molar-refractivity contribution in [3.05, 3.63) is 65.2 Å². The summed E-state index contributed by atoms with van der Waals surface area (Å²) in [7, 11) is -3.60. The smallest absolute Gasteiger partial charge is 0.252 e. The molecule has 0 radical (unpaired) electrons. The van der Waals surface area contributed by atoms with Gasteiger partial charge < -0.3 is 5.32 Å². The molecule has 6 heteroatoms. The molecule has 0 fully saturated rings. The van der Waals surface area contributed by atoms with Gasteiger partial charge >= 0.3 is 0 Å². The van der Waals surface area contributed by atoms with Crippen LogP contribution in [0.15, 0.2) is 53.4 Å². The number of rotatable bonds is 7. The summed E-state index contributed by atoms with van der Waals surface area (Å²) in [6.45, 7) is 8.07. The quantitative estimate of drug-likeness (QED) is 0.806. The first kappa shape index (κ1) is 20.1. The van der Waals surface area contributed by atoms with Crippen LogP contribution in [0.25, 0.3) is 0 Å². The Bertz CT molecular complexity index is 860. The minimum absolute atomic E-state index is 0.143. The molecule has 2 aromatic carbocycles. The monoisotopic (exact) mass is 374 g/mol. The second-order valence-corrected chi connectivity index (χ2v) is 8.11. The van der Waals surface area contributed by atoms with E-state index in [0.717, 1.165) is 11.1 Å². The van der Waals surface area contributed by atoms with Crippen LogP contribution in [0.5, 0.6) is 0 Å². The molecule has 140 valence electrons. The lowest BCUT2D eigenvalue weighted by Crippen LogP contribution is -2.31. The Balaban J connectivity index is 2.31. The molecule has 0 heterocycles. The number of carbonyl (C=O) groups excluding carboxylic acids is 1. The zero-order valence-electron chi connectivity index (χ0n) is 15.7. The van der Waals surface area contributed by atoms with Crippen LogP contribution >= 0.6 is 0 Å². The highest BCUT2D eigenvalue weighted by atomic mass is 32.2. The predicted molar refractivity (Wildman–Crippen MR) is 104 cm³/mol. The van der Waals surface area contributed by atoms with Crippen molar-refractivity contribution < 1.29 is 13.2 Å². The van der Waals surface area contributed by atoms with Crippen LogP contribution in [0, 0.1) is 6.92 Å². The molecule has 0 aromatic heterocycles. The highest BCUT2D eigenvalue weighted by Gasteiger charge is 2.23. The summed E-state index contributed by atoms with van der Waals surface area (Å²) in [5.41, 5.74) is 2.10. The first-order chi connectivity index (χ1) is 12.3. The molecule has 1 unspecified atom stereocenters. The van der Waals surface area contributed by atoms with Gasteiger partial charge in [-0.05, 0) is 37.1 Å². The van der Waals surface area contributed by atoms with E-state index in [-0.39, 0.29) is 16.8 Å². The molecule has 0 aliphatic rings. The summed E-state index contributed by atoms with van der Waals surface area (Å²) in [5, 5.41) is 2.94. The lowest BCUT2D eigenvalue weighted by Gasteiger charge is -2.20. The summed E-state index contributed by atoms with van der Waals surface area (Å²) >= 11 is 0. The number of nitrogens with one attached hydrogen (secondary N) is 1. The minimum Gasteiger partial charge on any atom is -0.346 e. The molecular formula is C20H26N2O3S. The normalized spacial score (nSPS) is 12.8. The van der Waals surface area contributed by atoms with Crippen molar-refractivity contribution in [2.45, 2.75) is 38.6 Å². The van der Waals surface area contributed by atoms with Crippen LogP contribution in [0.1, 0.15) is 48.3 Å². The molecule has 0 saturated heterocycles. The third-order valence-electron chi connectivity index (χ3n) is 4.44. The first-order valence-corrected chi connectivity index (χ1v) is 10.2. The molecular weight excluding hydrogens is 348 g/mol. The summed E-state index contributed by atoms with van der Waals surface area (Å²) in [5.74, 6) is -0.282. The Kier molecular flexibility index (Phi) is 6.56. The number of hydrogen-bond acceptors (Lipinski definition) is 3. The van der Waals surface area contributed by atoms with Crippen LogP contribution in [-0.4, -0.2) is 31.7 Å². The highest BCUT2D eigenvalue weighted by molar-refractivity contribution is 7.89. The largest absolute Gasteiger partial charge is 0.346 e. The fourth-order valence-corrected chi connectivity index (χ4v) is 4.30. The Morgan fingerprint density at radius 2 is 1.69 bits per heavy atom. The molecule has 0 saturated carbocycles. The first-order valence-electron chi connectivity index (χ1n) is 8.77. The number of carbonyl (C=O) groups is 1. The van der Waals surface area contributed by atoms with E-state index in [2.05, 4.69) is 5.32 Å². The number of sulfonamides is 1. The molecule has 0 aliphatic heterocycles.